The van der Waals surface area contributed by atoms with Crippen molar-refractivity contribution in [1.29, 1.82) is 5.26 Å². The predicted molar refractivity (Wildman–Crippen MR) is 38.4 cm³/mol. The lowest BCUT2D eigenvalue weighted by Crippen LogP contribution is -1.94. The molecule has 0 aliphatic rings. The van der Waals surface area contributed by atoms with Gasteiger partial charge in [-0.3, -0.25) is 0 Å². The van der Waals surface area contributed by atoms with Gasteiger partial charge in [0.1, 0.15) is 11.6 Å². The number of aromatic nitrogens is 1. The first-order valence-electron chi connectivity index (χ1n) is 3.19. The Kier molecular flexibility index (Phi) is 1.86. The largest absolute Gasteiger partial charge is 0.231 e. The van der Waals surface area contributed by atoms with Crippen LogP contribution in [0.5, 0.6) is 0 Å². The zero-order chi connectivity index (χ0) is 8.43. The molecule has 0 aliphatic heterocycles. The summed E-state index contributed by atoms with van der Waals surface area (Å²) in [6.45, 7) is 3.50. The van der Waals surface area contributed by atoms with Crippen LogP contribution in [0.4, 0.5) is 4.39 Å². The summed E-state index contributed by atoms with van der Waals surface area (Å²) in [5, 5.41) is 8.40. The molecule has 1 aromatic heterocycles. The van der Waals surface area contributed by atoms with E-state index in [1.807, 2.05) is 0 Å². The average molecular weight is 150 g/mol. The minimum absolute atomic E-state index is 0.00750. The molecule has 0 spiro atoms. The third kappa shape index (κ3) is 1.35. The number of nitrogens with zero attached hydrogens (tertiary/aromatic N) is 2. The molecule has 11 heavy (non-hydrogen) atoms. The van der Waals surface area contributed by atoms with Crippen molar-refractivity contribution >= 4 is 0 Å². The second kappa shape index (κ2) is 2.67. The van der Waals surface area contributed by atoms with Gasteiger partial charge in [-0.2, -0.15) is 9.65 Å². The number of pyridine rings is 1. The summed E-state index contributed by atoms with van der Waals surface area (Å²) in [5.41, 5.74) is 1.47. The van der Waals surface area contributed by atoms with Crippen LogP contribution in [-0.2, 0) is 0 Å². The summed E-state index contributed by atoms with van der Waals surface area (Å²) in [4.78, 5) is 3.55. The summed E-state index contributed by atoms with van der Waals surface area (Å²) in [6.07, 6.45) is 0. The molecule has 2 nitrogen and oxygen atoms in total. The van der Waals surface area contributed by atoms with Gasteiger partial charge in [0.2, 0.25) is 5.95 Å². The van der Waals surface area contributed by atoms with Crippen molar-refractivity contribution in [3.05, 3.63) is 28.8 Å². The van der Waals surface area contributed by atoms with Crippen molar-refractivity contribution in [3.63, 3.8) is 0 Å². The van der Waals surface area contributed by atoms with E-state index in [2.05, 4.69) is 4.98 Å². The normalized spacial score (nSPS) is 9.27. The fraction of sp³-hybridized carbons (Fsp3) is 0.250. The smallest absolute Gasteiger partial charge is 0.224 e. The Labute approximate surface area is 64.3 Å². The molecule has 1 rings (SSSR count). The molecule has 0 N–H and O–H groups in total. The van der Waals surface area contributed by atoms with Crippen molar-refractivity contribution < 1.29 is 4.39 Å². The van der Waals surface area contributed by atoms with Crippen LogP contribution in [0.3, 0.4) is 0 Å². The topological polar surface area (TPSA) is 36.7 Å². The molecular weight excluding hydrogens is 143 g/mol. The maximum Gasteiger partial charge on any atom is 0.231 e. The molecule has 0 unspecified atom stereocenters. The van der Waals surface area contributed by atoms with E-state index in [1.165, 1.54) is 6.07 Å². The summed E-state index contributed by atoms with van der Waals surface area (Å²) < 4.78 is 12.7. The van der Waals surface area contributed by atoms with Crippen molar-refractivity contribution in [3.8, 4) is 6.07 Å². The van der Waals surface area contributed by atoms with Gasteiger partial charge in [0.15, 0.2) is 0 Å². The van der Waals surface area contributed by atoms with Crippen LogP contribution < -0.4 is 0 Å². The molecule has 3 heteroatoms. The zero-order valence-electron chi connectivity index (χ0n) is 6.35. The molecule has 0 bridgehead atoms. The van der Waals surface area contributed by atoms with E-state index in [0.29, 0.717) is 5.69 Å². The highest BCUT2D eigenvalue weighted by Crippen LogP contribution is 2.09. The van der Waals surface area contributed by atoms with Gasteiger partial charge in [0.25, 0.3) is 0 Å². The molecule has 1 heterocycles. The standard InChI is InChI=1S/C8H7FN2/c1-5-3-7(4-10)8(9)11-6(5)2/h3H,1-2H3. The summed E-state index contributed by atoms with van der Waals surface area (Å²) in [6, 6.07) is 3.22. The third-order valence-corrected chi connectivity index (χ3v) is 1.54. The van der Waals surface area contributed by atoms with Crippen LogP contribution in [0.15, 0.2) is 6.07 Å². The quantitative estimate of drug-likeness (QED) is 0.528. The van der Waals surface area contributed by atoms with Crippen LogP contribution in [0.1, 0.15) is 16.8 Å². The van der Waals surface area contributed by atoms with E-state index in [1.54, 1.807) is 19.9 Å². The fourth-order valence-electron chi connectivity index (χ4n) is 0.755. The predicted octanol–water partition coefficient (Wildman–Crippen LogP) is 1.71. The average Bonchev–Trinajstić information content (AvgIpc) is 1.97. The first-order chi connectivity index (χ1) is 5.15. The zero-order valence-corrected chi connectivity index (χ0v) is 6.35. The van der Waals surface area contributed by atoms with Crippen LogP contribution in [0, 0.1) is 31.1 Å². The Balaban J connectivity index is 3.35. The molecule has 0 aliphatic carbocycles. The van der Waals surface area contributed by atoms with E-state index in [-0.39, 0.29) is 5.56 Å². The molecule has 0 saturated carbocycles. The number of hydrogen-bond acceptors (Lipinski definition) is 2. The van der Waals surface area contributed by atoms with Crippen LogP contribution in [0.2, 0.25) is 0 Å². The minimum Gasteiger partial charge on any atom is -0.224 e. The molecule has 0 radical (unpaired) electrons. The van der Waals surface area contributed by atoms with Crippen molar-refractivity contribution in [1.82, 2.24) is 4.98 Å². The van der Waals surface area contributed by atoms with E-state index >= 15 is 0 Å². The molecule has 0 aromatic carbocycles. The Hall–Kier alpha value is -1.43. The van der Waals surface area contributed by atoms with E-state index in [4.69, 9.17) is 5.26 Å². The lowest BCUT2D eigenvalue weighted by atomic mass is 10.2. The van der Waals surface area contributed by atoms with Gasteiger partial charge in [0, 0.05) is 5.69 Å². The lowest BCUT2D eigenvalue weighted by molar-refractivity contribution is 0.575. The Morgan fingerprint density at radius 2 is 2.18 bits per heavy atom. The number of halogens is 1. The second-order valence-electron chi connectivity index (χ2n) is 2.34. The van der Waals surface area contributed by atoms with Crippen LogP contribution in [-0.4, -0.2) is 4.98 Å². The maximum atomic E-state index is 12.7. The Morgan fingerprint density at radius 3 is 2.73 bits per heavy atom. The number of aryl methyl sites for hydroxylation is 2. The Bertz CT molecular complexity index is 326. The summed E-state index contributed by atoms with van der Waals surface area (Å²) in [5.74, 6) is -0.685. The third-order valence-electron chi connectivity index (χ3n) is 1.54. The van der Waals surface area contributed by atoms with Gasteiger partial charge < -0.3 is 0 Å². The highest BCUT2D eigenvalue weighted by atomic mass is 19.1. The molecule has 1 aromatic rings. The van der Waals surface area contributed by atoms with Crippen LogP contribution in [0.25, 0.3) is 0 Å². The molecule has 0 fully saturated rings. The highest BCUT2D eigenvalue weighted by molar-refractivity contribution is 5.32. The lowest BCUT2D eigenvalue weighted by Gasteiger charge is -1.98. The highest BCUT2D eigenvalue weighted by Gasteiger charge is 2.04. The van der Waals surface area contributed by atoms with Crippen LogP contribution >= 0.6 is 0 Å². The second-order valence-corrected chi connectivity index (χ2v) is 2.34. The Morgan fingerprint density at radius 1 is 1.55 bits per heavy atom. The van der Waals surface area contributed by atoms with E-state index in [0.717, 1.165) is 5.56 Å². The first-order valence-corrected chi connectivity index (χ1v) is 3.19. The first kappa shape index (κ1) is 7.67. The van der Waals surface area contributed by atoms with Gasteiger partial charge in [-0.1, -0.05) is 0 Å². The van der Waals surface area contributed by atoms with Gasteiger partial charge >= 0.3 is 0 Å². The molecule has 56 valence electrons. The number of rotatable bonds is 0. The minimum atomic E-state index is -0.685. The van der Waals surface area contributed by atoms with E-state index in [9.17, 15) is 4.39 Å². The summed E-state index contributed by atoms with van der Waals surface area (Å²) >= 11 is 0. The van der Waals surface area contributed by atoms with Gasteiger partial charge in [0.05, 0.1) is 0 Å². The molecular formula is C8H7FN2. The van der Waals surface area contributed by atoms with Gasteiger partial charge in [-0.15, -0.1) is 0 Å². The molecule has 0 atom stereocenters. The number of hydrogen-bond donors (Lipinski definition) is 0. The monoisotopic (exact) mass is 150 g/mol. The van der Waals surface area contributed by atoms with Gasteiger partial charge in [-0.05, 0) is 25.5 Å². The molecule has 0 saturated heterocycles. The van der Waals surface area contributed by atoms with E-state index < -0.39 is 5.95 Å². The van der Waals surface area contributed by atoms with Crippen molar-refractivity contribution in [2.45, 2.75) is 13.8 Å². The SMILES string of the molecule is Cc1cc(C#N)c(F)nc1C. The van der Waals surface area contributed by atoms with Crippen molar-refractivity contribution in [2.75, 3.05) is 0 Å². The van der Waals surface area contributed by atoms with Crippen molar-refractivity contribution in [2.24, 2.45) is 0 Å². The maximum absolute atomic E-state index is 12.7. The fourth-order valence-corrected chi connectivity index (χ4v) is 0.755. The number of nitriles is 1. The van der Waals surface area contributed by atoms with Gasteiger partial charge in [-0.25, -0.2) is 4.98 Å². The summed E-state index contributed by atoms with van der Waals surface area (Å²) in [7, 11) is 0. The molecule has 0 amide bonds.